The Kier molecular flexibility index (Phi) is 20.4. The molecule has 0 fully saturated rings. The van der Waals surface area contributed by atoms with Crippen LogP contribution in [0.5, 0.6) is 11.5 Å². The summed E-state index contributed by atoms with van der Waals surface area (Å²) in [6.07, 6.45) is 1.21. The number of phenolic OH excluding ortho intramolecular Hbond substituents is 2. The summed E-state index contributed by atoms with van der Waals surface area (Å²) in [6, 6.07) is 95.3. The van der Waals surface area contributed by atoms with Crippen molar-refractivity contribution >= 4 is 114 Å². The van der Waals surface area contributed by atoms with Crippen LogP contribution >= 0.6 is 0 Å². The van der Waals surface area contributed by atoms with E-state index in [0.29, 0.717) is 39.1 Å². The molecular weight excluding hydrogens is 1220 g/mol. The van der Waals surface area contributed by atoms with Crippen LogP contribution in [0.3, 0.4) is 0 Å². The van der Waals surface area contributed by atoms with Gasteiger partial charge in [0.15, 0.2) is 5.78 Å². The number of ketones is 1. The number of amides is 3. The van der Waals surface area contributed by atoms with Gasteiger partial charge in [0.05, 0.1) is 17.1 Å². The third-order valence-corrected chi connectivity index (χ3v) is 15.7. The molecule has 17 nitrogen and oxygen atoms in total. The van der Waals surface area contributed by atoms with Gasteiger partial charge in [0.2, 0.25) is 6.40 Å². The molecule has 0 aliphatic heterocycles. The monoisotopic (exact) mass is 1290 g/mol. The number of aromatic hydroxyl groups is 2. The second-order valence-corrected chi connectivity index (χ2v) is 22.5. The fraction of sp³-hybridized carbons (Fsp3) is 0.0370. The highest BCUT2D eigenvalue weighted by atomic mass is 16.7. The number of nitrogens with one attached hydrogen (secondary N) is 3. The number of azo groups is 2. The minimum Gasteiger partial charge on any atom is -0.506 e. The minimum atomic E-state index is -0.679. The Hall–Kier alpha value is -13.5. The highest BCUT2D eigenvalue weighted by Crippen LogP contribution is 2.40. The van der Waals surface area contributed by atoms with E-state index in [2.05, 4.69) is 124 Å². The fourth-order valence-corrected chi connectivity index (χ4v) is 10.7. The fourth-order valence-electron chi connectivity index (χ4n) is 10.7. The molecular formula is C81H64N10O7. The maximum Gasteiger partial charge on any atom is 0.326 e. The number of urea groups is 1. The molecule has 0 bridgehead atoms. The second-order valence-electron chi connectivity index (χ2n) is 22.5. The first-order chi connectivity index (χ1) is 48.0. The molecule has 3 amide bonds. The van der Waals surface area contributed by atoms with Gasteiger partial charge in [0.1, 0.15) is 29.5 Å². The Morgan fingerprint density at radius 1 is 0.439 bits per heavy atom. The minimum absolute atomic E-state index is 0.0544. The summed E-state index contributed by atoms with van der Waals surface area (Å²) in [5, 5.41) is 49.8. The van der Waals surface area contributed by atoms with Gasteiger partial charge in [0.25, 0.3) is 5.91 Å². The Morgan fingerprint density at radius 3 is 1.37 bits per heavy atom. The Morgan fingerprint density at radius 2 is 0.867 bits per heavy atom. The molecule has 5 N–H and O–H groups in total. The summed E-state index contributed by atoms with van der Waals surface area (Å²) in [6.45, 7) is 3.73. The van der Waals surface area contributed by atoms with Crippen LogP contribution in [0.15, 0.2) is 329 Å². The summed E-state index contributed by atoms with van der Waals surface area (Å²) < 4.78 is 0. The number of Topliss-reactive ketones (excluding diaryl/α,β-unsaturated/α-hetero) is 1. The molecule has 0 heterocycles. The van der Waals surface area contributed by atoms with Gasteiger partial charge < -0.3 is 35.0 Å². The summed E-state index contributed by atoms with van der Waals surface area (Å²) in [7, 11) is 0. The van der Waals surface area contributed by atoms with E-state index < -0.39 is 11.9 Å². The predicted molar refractivity (Wildman–Crippen MR) is 389 cm³/mol. The van der Waals surface area contributed by atoms with E-state index in [0.717, 1.165) is 72.8 Å². The number of carbonyl (C=O) groups is 3. The molecule has 0 radical (unpaired) electrons. The van der Waals surface area contributed by atoms with Crippen molar-refractivity contribution in [3.8, 4) is 22.6 Å². The summed E-state index contributed by atoms with van der Waals surface area (Å²) in [5.74, 6) is -0.668. The lowest BCUT2D eigenvalue weighted by Gasteiger charge is -2.25. The second kappa shape index (κ2) is 30.9. The Labute approximate surface area is 565 Å². The lowest BCUT2D eigenvalue weighted by atomic mass is 10.0. The number of imide groups is 1. The number of para-hydroxylation sites is 4. The van der Waals surface area contributed by atoms with Gasteiger partial charge >= 0.3 is 6.03 Å². The van der Waals surface area contributed by atoms with Gasteiger partial charge in [-0.15, -0.1) is 10.2 Å². The molecule has 480 valence electrons. The zero-order valence-corrected chi connectivity index (χ0v) is 53.2. The molecule has 0 spiro atoms. The van der Waals surface area contributed by atoms with Crippen LogP contribution in [0.25, 0.3) is 32.7 Å². The molecule has 0 aromatic heterocycles. The SMILES string of the molecule is CC(=O)c1ccc(N=Nc2c(O)ccc3cc(C(=O)NC(=O)Nc4ccc(N(c5ccccc5)c5ccccc5)cc4)ccc23)cc1.Cc1ccc(N=Nc2c(O)ccc3cc(CO/N=C/ONc4ccc(-c5ccc(N(c6ccccc6)c6ccccc6)cc5)cc4)ccc23)cc1. The highest BCUT2D eigenvalue weighted by molar-refractivity contribution is 6.10. The predicted octanol–water partition coefficient (Wildman–Crippen LogP) is 21.5. The number of anilines is 8. The largest absolute Gasteiger partial charge is 0.506 e. The van der Waals surface area contributed by atoms with E-state index in [9.17, 15) is 24.6 Å². The van der Waals surface area contributed by atoms with Crippen molar-refractivity contribution in [2.24, 2.45) is 25.6 Å². The first-order valence-electron chi connectivity index (χ1n) is 31.3. The molecule has 0 aliphatic rings. The van der Waals surface area contributed by atoms with Gasteiger partial charge in [-0.2, -0.15) is 10.2 Å². The van der Waals surface area contributed by atoms with Crippen molar-refractivity contribution in [1.29, 1.82) is 0 Å². The third kappa shape index (κ3) is 16.3. The maximum atomic E-state index is 13.0. The van der Waals surface area contributed by atoms with Crippen LogP contribution in [-0.4, -0.2) is 34.3 Å². The maximum absolute atomic E-state index is 13.0. The number of hydrogen-bond acceptors (Lipinski definition) is 15. The van der Waals surface area contributed by atoms with E-state index in [4.69, 9.17) is 9.68 Å². The van der Waals surface area contributed by atoms with Gasteiger partial charge in [-0.25, -0.2) is 10.3 Å². The summed E-state index contributed by atoms with van der Waals surface area (Å²) >= 11 is 0. The smallest absolute Gasteiger partial charge is 0.326 e. The van der Waals surface area contributed by atoms with E-state index in [1.54, 1.807) is 66.7 Å². The van der Waals surface area contributed by atoms with E-state index in [1.807, 2.05) is 165 Å². The topological polar surface area (TPSA) is 214 Å². The van der Waals surface area contributed by atoms with Crippen molar-refractivity contribution in [3.05, 3.63) is 326 Å². The number of fused-ring (bicyclic) bond motifs is 2. The number of oxime groups is 1. The van der Waals surface area contributed by atoms with Crippen molar-refractivity contribution in [1.82, 2.24) is 5.32 Å². The molecule has 0 atom stereocenters. The molecule has 13 aromatic carbocycles. The Balaban J connectivity index is 0.000000187. The number of benzene rings is 13. The van der Waals surface area contributed by atoms with Crippen LogP contribution in [0, 0.1) is 6.92 Å². The van der Waals surface area contributed by atoms with Crippen molar-refractivity contribution < 1.29 is 34.3 Å². The standard InChI is InChI=1S/C43H35N5O3.C38H29N5O4/c1-31-12-20-36(21-13-31)45-46-43-41-26-14-32(28-35(41)19-27-42(43)49)29-50-44-30-51-47-37-22-15-33(16-23-37)34-17-24-40(25-18-34)48(38-8-4-2-5-9-38)39-10-6-3-7-11-39;1-25(44)26-12-16-30(17-13-26)41-42-36-34-22-14-28(24-27(34)15-23-35(36)45)37(46)40-38(47)39-29-18-20-33(21-19-29)43(31-8-4-2-5-9-31)32-10-6-3-7-11-32/h2-28,30,47,49H,29H2,1H3;2-24,45H,1H3,(H2,39,40,46,47)/b44-30+,46-45?;. The Bertz CT molecular complexity index is 4910. The molecule has 98 heavy (non-hydrogen) atoms. The zero-order chi connectivity index (χ0) is 67.6. The van der Waals surface area contributed by atoms with Crippen LogP contribution in [0.1, 0.15) is 38.8 Å². The number of rotatable bonds is 20. The van der Waals surface area contributed by atoms with Crippen LogP contribution in [0.4, 0.5) is 73.0 Å². The van der Waals surface area contributed by atoms with Gasteiger partial charge in [-0.1, -0.05) is 150 Å². The van der Waals surface area contributed by atoms with E-state index in [1.165, 1.54) is 19.4 Å². The highest BCUT2D eigenvalue weighted by Gasteiger charge is 2.17. The lowest BCUT2D eigenvalue weighted by molar-refractivity contribution is 0.0965. The van der Waals surface area contributed by atoms with Gasteiger partial charge in [0, 0.05) is 61.7 Å². The third-order valence-electron chi connectivity index (χ3n) is 15.7. The average Bonchev–Trinajstić information content (AvgIpc) is 0.830. The lowest BCUT2D eigenvalue weighted by Crippen LogP contribution is -2.34. The molecule has 17 heteroatoms. The normalized spacial score (nSPS) is 11.1. The first-order valence-corrected chi connectivity index (χ1v) is 31.3. The zero-order valence-electron chi connectivity index (χ0n) is 53.2. The summed E-state index contributed by atoms with van der Waals surface area (Å²) in [5.41, 5.74) is 17.2. The van der Waals surface area contributed by atoms with Crippen LogP contribution in [0.2, 0.25) is 0 Å². The quantitative estimate of drug-likeness (QED) is 0.0160. The number of hydrogen-bond donors (Lipinski definition) is 5. The van der Waals surface area contributed by atoms with E-state index in [-0.39, 0.29) is 35.1 Å². The average molecular weight is 1290 g/mol. The van der Waals surface area contributed by atoms with Crippen molar-refractivity contribution in [3.63, 3.8) is 0 Å². The number of nitrogens with zero attached hydrogens (tertiary/aromatic N) is 7. The molecule has 0 unspecified atom stereocenters. The number of aryl methyl sites for hydroxylation is 1. The van der Waals surface area contributed by atoms with Gasteiger partial charge in [-0.05, 0) is 205 Å². The molecule has 13 aromatic rings. The van der Waals surface area contributed by atoms with Gasteiger partial charge in [-0.3, -0.25) is 14.9 Å². The van der Waals surface area contributed by atoms with Crippen molar-refractivity contribution in [2.45, 2.75) is 20.5 Å². The molecule has 13 rings (SSSR count). The van der Waals surface area contributed by atoms with Crippen LogP contribution in [-0.2, 0) is 16.3 Å². The van der Waals surface area contributed by atoms with E-state index >= 15 is 0 Å². The number of carbonyl (C=O) groups excluding carboxylic acids is 3. The van der Waals surface area contributed by atoms with Crippen molar-refractivity contribution in [2.75, 3.05) is 20.6 Å². The van der Waals surface area contributed by atoms with Crippen LogP contribution < -0.4 is 25.9 Å². The molecule has 0 saturated heterocycles. The number of phenols is 2. The molecule has 0 saturated carbocycles. The first kappa shape index (κ1) is 64.6. The summed E-state index contributed by atoms with van der Waals surface area (Å²) in [4.78, 5) is 52.4. The molecule has 0 aliphatic carbocycles.